The van der Waals surface area contributed by atoms with Crippen molar-refractivity contribution >= 4 is 45.0 Å². The normalized spacial score (nSPS) is 15.4. The number of carbonyl (C=O) groups is 2. The predicted molar refractivity (Wildman–Crippen MR) is 118 cm³/mol. The number of rotatable bonds is 8. The zero-order valence-electron chi connectivity index (χ0n) is 18.3. The number of carbonyl (C=O) groups excluding carboxylic acids is 2. The average Bonchev–Trinajstić information content (AvgIpc) is 3.46. The molecule has 1 fully saturated rings. The van der Waals surface area contributed by atoms with Crippen molar-refractivity contribution in [1.29, 1.82) is 0 Å². The van der Waals surface area contributed by atoms with Crippen LogP contribution in [0.4, 0.5) is 5.82 Å². The van der Waals surface area contributed by atoms with Crippen LogP contribution in [0.5, 0.6) is 0 Å². The molecule has 0 unspecified atom stereocenters. The largest absolute Gasteiger partial charge is 0.466 e. The number of thiophene rings is 1. The van der Waals surface area contributed by atoms with Crippen LogP contribution < -0.4 is 5.32 Å². The molecule has 1 aliphatic rings. The number of esters is 2. The van der Waals surface area contributed by atoms with Gasteiger partial charge in [0.25, 0.3) is 0 Å². The van der Waals surface area contributed by atoms with E-state index in [4.69, 9.17) is 23.7 Å². The number of hydrogen-bond donors (Lipinski definition) is 1. The van der Waals surface area contributed by atoms with Crippen LogP contribution in [0.3, 0.4) is 0 Å². The number of ether oxygens (including phenoxy) is 5. The number of nitrogens with one attached hydrogen (secondary N) is 1. The Kier molecular flexibility index (Phi) is 7.83. The molecule has 1 saturated heterocycles. The minimum Gasteiger partial charge on any atom is -0.466 e. The van der Waals surface area contributed by atoms with Crippen molar-refractivity contribution in [2.45, 2.75) is 31.8 Å². The van der Waals surface area contributed by atoms with E-state index in [-0.39, 0.29) is 23.1 Å². The molecular weight excluding hydrogens is 506 g/mol. The molecule has 0 amide bonds. The Morgan fingerprint density at radius 2 is 1.81 bits per heavy atom. The van der Waals surface area contributed by atoms with Crippen molar-refractivity contribution in [2.24, 2.45) is 0 Å². The lowest BCUT2D eigenvalue weighted by Gasteiger charge is -2.30. The third kappa shape index (κ3) is 4.50. The van der Waals surface area contributed by atoms with Gasteiger partial charge in [0.2, 0.25) is 0 Å². The van der Waals surface area contributed by atoms with Crippen LogP contribution in [0.15, 0.2) is 15.9 Å². The lowest BCUT2D eigenvalue weighted by molar-refractivity contribution is -0.187. The molecule has 32 heavy (non-hydrogen) atoms. The van der Waals surface area contributed by atoms with Gasteiger partial charge in [0.05, 0.1) is 42.8 Å². The fourth-order valence-corrected chi connectivity index (χ4v) is 4.80. The molecule has 0 bridgehead atoms. The fraction of sp³-hybridized carbons (Fsp3) is 0.500. The molecule has 1 N–H and O–H groups in total. The van der Waals surface area contributed by atoms with Gasteiger partial charge in [-0.15, -0.1) is 11.3 Å². The van der Waals surface area contributed by atoms with Gasteiger partial charge in [-0.2, -0.15) is 0 Å². The van der Waals surface area contributed by atoms with Crippen molar-refractivity contribution in [3.63, 3.8) is 0 Å². The Morgan fingerprint density at radius 3 is 2.31 bits per heavy atom. The fourth-order valence-electron chi connectivity index (χ4n) is 3.37. The maximum atomic E-state index is 12.9. The highest BCUT2D eigenvalue weighted by molar-refractivity contribution is 9.11. The van der Waals surface area contributed by atoms with Crippen molar-refractivity contribution < 1.29 is 33.3 Å². The van der Waals surface area contributed by atoms with Gasteiger partial charge in [-0.25, -0.2) is 19.6 Å². The topological polar surface area (TPSA) is 118 Å². The SMILES string of the molecule is COC(=O)C(OC)(C(=O)OC)c1nc(C)nc(N[C@H](C)c2ccc(Br)s2)c1C1OCCO1. The monoisotopic (exact) mass is 529 g/mol. The Balaban J connectivity index is 2.23. The summed E-state index contributed by atoms with van der Waals surface area (Å²) in [6.07, 6.45) is -0.931. The van der Waals surface area contributed by atoms with Gasteiger partial charge in [0.1, 0.15) is 17.3 Å². The van der Waals surface area contributed by atoms with Crippen LogP contribution >= 0.6 is 27.3 Å². The summed E-state index contributed by atoms with van der Waals surface area (Å²) in [7, 11) is 3.49. The van der Waals surface area contributed by atoms with Crippen LogP contribution in [0.2, 0.25) is 0 Å². The van der Waals surface area contributed by atoms with Gasteiger partial charge in [0, 0.05) is 12.0 Å². The van der Waals surface area contributed by atoms with E-state index in [0.29, 0.717) is 19.0 Å². The van der Waals surface area contributed by atoms with E-state index in [1.807, 2.05) is 19.1 Å². The molecule has 174 valence electrons. The molecular formula is C20H24BrN3O7S. The Bertz CT molecular complexity index is 978. The van der Waals surface area contributed by atoms with Gasteiger partial charge in [0.15, 0.2) is 6.29 Å². The lowest BCUT2D eigenvalue weighted by atomic mass is 9.93. The minimum atomic E-state index is -2.30. The van der Waals surface area contributed by atoms with E-state index < -0.39 is 23.8 Å². The van der Waals surface area contributed by atoms with Crippen LogP contribution in [-0.4, -0.2) is 56.4 Å². The molecule has 0 radical (unpaired) electrons. The zero-order valence-corrected chi connectivity index (χ0v) is 20.7. The first kappa shape index (κ1) is 24.5. The molecule has 10 nitrogen and oxygen atoms in total. The van der Waals surface area contributed by atoms with Gasteiger partial charge in [-0.3, -0.25) is 0 Å². The maximum Gasteiger partial charge on any atom is 0.356 e. The Morgan fingerprint density at radius 1 is 1.19 bits per heavy atom. The molecule has 1 aliphatic heterocycles. The summed E-state index contributed by atoms with van der Waals surface area (Å²) in [6.45, 7) is 4.23. The average molecular weight is 530 g/mol. The predicted octanol–water partition coefficient (Wildman–Crippen LogP) is 3.02. The van der Waals surface area contributed by atoms with Gasteiger partial charge in [-0.1, -0.05) is 0 Å². The summed E-state index contributed by atoms with van der Waals surface area (Å²) in [4.78, 5) is 35.7. The molecule has 3 rings (SSSR count). The summed E-state index contributed by atoms with van der Waals surface area (Å²) in [5.41, 5.74) is -2.11. The van der Waals surface area contributed by atoms with Crippen LogP contribution in [0.25, 0.3) is 0 Å². The number of aryl methyl sites for hydroxylation is 1. The maximum absolute atomic E-state index is 12.9. The minimum absolute atomic E-state index is 0.0693. The van der Waals surface area contributed by atoms with Gasteiger partial charge in [-0.05, 0) is 41.9 Å². The molecule has 0 saturated carbocycles. The van der Waals surface area contributed by atoms with Crippen LogP contribution in [0, 0.1) is 6.92 Å². The summed E-state index contributed by atoms with van der Waals surface area (Å²) in [5.74, 6) is -1.36. The molecule has 3 heterocycles. The van der Waals surface area contributed by atoms with E-state index in [1.54, 1.807) is 18.3 Å². The van der Waals surface area contributed by atoms with E-state index in [0.717, 1.165) is 22.9 Å². The third-order valence-electron chi connectivity index (χ3n) is 4.87. The number of methoxy groups -OCH3 is 3. The quantitative estimate of drug-likeness (QED) is 0.403. The number of halogens is 1. The van der Waals surface area contributed by atoms with Crippen LogP contribution in [0.1, 0.15) is 41.2 Å². The van der Waals surface area contributed by atoms with Crippen LogP contribution in [-0.2, 0) is 38.9 Å². The first-order valence-electron chi connectivity index (χ1n) is 9.64. The number of hydrogen-bond acceptors (Lipinski definition) is 11. The lowest BCUT2D eigenvalue weighted by Crippen LogP contribution is -2.49. The second-order valence-electron chi connectivity index (χ2n) is 6.83. The Labute approximate surface area is 197 Å². The van der Waals surface area contributed by atoms with E-state index in [1.165, 1.54) is 7.11 Å². The Hall–Kier alpha value is -2.12. The molecule has 0 aromatic carbocycles. The zero-order chi connectivity index (χ0) is 23.5. The van der Waals surface area contributed by atoms with E-state index in [2.05, 4.69) is 31.2 Å². The highest BCUT2D eigenvalue weighted by Gasteiger charge is 2.55. The molecule has 1 atom stereocenters. The second kappa shape index (κ2) is 10.2. The standard InChI is InChI=1S/C20H24BrN3O7S/c1-10(12-6-7-13(21)32-12)22-16-14(17-30-8-9-31-17)15(23-11(2)24-16)20(29-5,18(25)27-3)19(26)28-4/h6-7,10,17H,8-9H2,1-5H3,(H,22,23,24)/t10-/m1/s1. The summed E-state index contributed by atoms with van der Waals surface area (Å²) < 4.78 is 27.7. The summed E-state index contributed by atoms with van der Waals surface area (Å²) in [6, 6.07) is 3.76. The first-order valence-corrected chi connectivity index (χ1v) is 11.2. The summed E-state index contributed by atoms with van der Waals surface area (Å²) >= 11 is 5.03. The van der Waals surface area contributed by atoms with Crippen molar-refractivity contribution in [3.05, 3.63) is 37.9 Å². The molecule has 2 aromatic rings. The third-order valence-corrected chi connectivity index (χ3v) is 6.68. The highest BCUT2D eigenvalue weighted by Crippen LogP contribution is 2.40. The van der Waals surface area contributed by atoms with Crippen molar-refractivity contribution in [1.82, 2.24) is 9.97 Å². The molecule has 0 aliphatic carbocycles. The number of anilines is 1. The highest BCUT2D eigenvalue weighted by atomic mass is 79.9. The molecule has 2 aromatic heterocycles. The number of nitrogens with zero attached hydrogens (tertiary/aromatic N) is 2. The first-order chi connectivity index (χ1) is 15.3. The molecule has 12 heteroatoms. The number of aromatic nitrogens is 2. The van der Waals surface area contributed by atoms with Gasteiger partial charge < -0.3 is 29.0 Å². The van der Waals surface area contributed by atoms with E-state index in [9.17, 15) is 9.59 Å². The van der Waals surface area contributed by atoms with Crippen molar-refractivity contribution in [3.8, 4) is 0 Å². The van der Waals surface area contributed by atoms with Gasteiger partial charge >= 0.3 is 17.5 Å². The second-order valence-corrected chi connectivity index (χ2v) is 9.33. The smallest absolute Gasteiger partial charge is 0.356 e. The molecule has 0 spiro atoms. The van der Waals surface area contributed by atoms with E-state index >= 15 is 0 Å². The summed E-state index contributed by atoms with van der Waals surface area (Å²) in [5, 5.41) is 3.33. The van der Waals surface area contributed by atoms with Crippen molar-refractivity contribution in [2.75, 3.05) is 39.9 Å².